The Morgan fingerprint density at radius 2 is 1.60 bits per heavy atom. The molecule has 30 heavy (non-hydrogen) atoms. The summed E-state index contributed by atoms with van der Waals surface area (Å²) < 4.78 is 43.7. The first kappa shape index (κ1) is 21.8. The van der Waals surface area contributed by atoms with Crippen LogP contribution in [0.25, 0.3) is 22.9 Å². The first-order valence-corrected chi connectivity index (χ1v) is 11.1. The number of benzene rings is 2. The molecule has 9 heteroatoms. The fourth-order valence-electron chi connectivity index (χ4n) is 3.04. The van der Waals surface area contributed by atoms with E-state index in [1.165, 1.54) is 4.31 Å². The van der Waals surface area contributed by atoms with Gasteiger partial charge in [-0.05, 0) is 43.3 Å². The van der Waals surface area contributed by atoms with Gasteiger partial charge in [-0.25, -0.2) is 8.42 Å². The summed E-state index contributed by atoms with van der Waals surface area (Å²) in [6, 6.07) is 11.8. The number of nitrogens with zero attached hydrogens (tertiary/aromatic N) is 3. The van der Waals surface area contributed by atoms with Crippen LogP contribution in [0, 0.1) is 0 Å². The summed E-state index contributed by atoms with van der Waals surface area (Å²) in [6.45, 7) is 6.78. The molecule has 8 nitrogen and oxygen atoms in total. The van der Waals surface area contributed by atoms with Gasteiger partial charge in [-0.15, -0.1) is 10.2 Å². The number of rotatable bonds is 9. The molecule has 2 aromatic carbocycles. The molecule has 3 aromatic rings. The molecular weight excluding hydrogens is 406 g/mol. The zero-order chi connectivity index (χ0) is 21.7. The second kappa shape index (κ2) is 9.27. The third-order valence-electron chi connectivity index (χ3n) is 4.56. The van der Waals surface area contributed by atoms with Crippen LogP contribution in [0.1, 0.15) is 20.8 Å². The molecule has 0 saturated carbocycles. The van der Waals surface area contributed by atoms with E-state index < -0.39 is 10.0 Å². The van der Waals surface area contributed by atoms with Gasteiger partial charge in [-0.3, -0.25) is 0 Å². The Bertz CT molecular complexity index is 1110. The van der Waals surface area contributed by atoms with Crippen molar-refractivity contribution >= 4 is 10.0 Å². The average molecular weight is 432 g/mol. The number of aromatic nitrogens is 2. The lowest BCUT2D eigenvalue weighted by Gasteiger charge is -2.18. The molecule has 1 aromatic heterocycles. The summed E-state index contributed by atoms with van der Waals surface area (Å²) in [5.74, 6) is 1.71. The van der Waals surface area contributed by atoms with Gasteiger partial charge in [-0.2, -0.15) is 4.31 Å². The molecule has 0 spiro atoms. The highest BCUT2D eigenvalue weighted by Gasteiger charge is 2.23. The van der Waals surface area contributed by atoms with Crippen LogP contribution in [0.2, 0.25) is 0 Å². The smallest absolute Gasteiger partial charge is 0.248 e. The first-order chi connectivity index (χ1) is 14.4. The van der Waals surface area contributed by atoms with Crippen LogP contribution in [0.5, 0.6) is 11.5 Å². The van der Waals surface area contributed by atoms with E-state index in [0.717, 1.165) is 0 Å². The molecule has 0 aliphatic rings. The second-order valence-electron chi connectivity index (χ2n) is 6.33. The Hall–Kier alpha value is -2.91. The van der Waals surface area contributed by atoms with Crippen molar-refractivity contribution in [1.29, 1.82) is 0 Å². The quantitative estimate of drug-likeness (QED) is 0.508. The minimum Gasteiger partial charge on any atom is -0.493 e. The monoisotopic (exact) mass is 431 g/mol. The van der Waals surface area contributed by atoms with Crippen molar-refractivity contribution in [3.8, 4) is 34.4 Å². The Morgan fingerprint density at radius 3 is 2.20 bits per heavy atom. The maximum absolute atomic E-state index is 12.8. The molecule has 0 amide bonds. The van der Waals surface area contributed by atoms with Crippen LogP contribution < -0.4 is 9.47 Å². The van der Waals surface area contributed by atoms with Gasteiger partial charge in [0.1, 0.15) is 0 Å². The maximum Gasteiger partial charge on any atom is 0.248 e. The third kappa shape index (κ3) is 4.31. The van der Waals surface area contributed by atoms with Crippen molar-refractivity contribution in [2.75, 3.05) is 26.8 Å². The van der Waals surface area contributed by atoms with Crippen molar-refractivity contribution < 1.29 is 22.3 Å². The van der Waals surface area contributed by atoms with Gasteiger partial charge in [0.2, 0.25) is 21.8 Å². The lowest BCUT2D eigenvalue weighted by Crippen LogP contribution is -2.30. The topological polar surface area (TPSA) is 94.8 Å². The minimum absolute atomic E-state index is 0.187. The van der Waals surface area contributed by atoms with Crippen molar-refractivity contribution in [2.45, 2.75) is 25.7 Å². The van der Waals surface area contributed by atoms with Gasteiger partial charge >= 0.3 is 0 Å². The number of sulfonamides is 1. The molecule has 0 aliphatic carbocycles. The number of ether oxygens (including phenoxy) is 2. The van der Waals surface area contributed by atoms with Crippen LogP contribution in [0.3, 0.4) is 0 Å². The zero-order valence-corrected chi connectivity index (χ0v) is 18.3. The van der Waals surface area contributed by atoms with E-state index in [-0.39, 0.29) is 10.8 Å². The van der Waals surface area contributed by atoms with E-state index in [1.807, 2.05) is 6.92 Å². The lowest BCUT2D eigenvalue weighted by molar-refractivity contribution is 0.311. The predicted octanol–water partition coefficient (Wildman–Crippen LogP) is 3.84. The highest BCUT2D eigenvalue weighted by molar-refractivity contribution is 7.89. The molecule has 0 atom stereocenters. The Kier molecular flexibility index (Phi) is 6.73. The molecular formula is C21H25N3O5S. The summed E-state index contributed by atoms with van der Waals surface area (Å²) in [5, 5.41) is 8.20. The standard InChI is InChI=1S/C21H25N3O5S/c1-5-24(6-2)30(25,26)17-10-8-9-15(13-17)20-22-23-21(29-20)16-11-12-18(27-4)19(14-16)28-7-3/h8-14H,5-7H2,1-4H3. The van der Waals surface area contributed by atoms with E-state index >= 15 is 0 Å². The number of methoxy groups -OCH3 is 1. The van der Waals surface area contributed by atoms with Crippen molar-refractivity contribution in [2.24, 2.45) is 0 Å². The summed E-state index contributed by atoms with van der Waals surface area (Å²) in [7, 11) is -2.01. The largest absolute Gasteiger partial charge is 0.493 e. The summed E-state index contributed by atoms with van der Waals surface area (Å²) in [4.78, 5) is 0.187. The van der Waals surface area contributed by atoms with Gasteiger partial charge in [0.25, 0.3) is 0 Å². The van der Waals surface area contributed by atoms with E-state index in [1.54, 1.807) is 63.4 Å². The Balaban J connectivity index is 1.95. The summed E-state index contributed by atoms with van der Waals surface area (Å²) in [5.41, 5.74) is 1.20. The van der Waals surface area contributed by atoms with Crippen LogP contribution in [-0.2, 0) is 10.0 Å². The van der Waals surface area contributed by atoms with Crippen LogP contribution in [-0.4, -0.2) is 49.7 Å². The van der Waals surface area contributed by atoms with Gasteiger partial charge in [0, 0.05) is 24.2 Å². The molecule has 0 saturated heterocycles. The van der Waals surface area contributed by atoms with Gasteiger partial charge < -0.3 is 13.9 Å². The SMILES string of the molecule is CCOc1cc(-c2nnc(-c3cccc(S(=O)(=O)N(CC)CC)c3)o2)ccc1OC. The van der Waals surface area contributed by atoms with Crippen LogP contribution >= 0.6 is 0 Å². The first-order valence-electron chi connectivity index (χ1n) is 9.69. The van der Waals surface area contributed by atoms with Gasteiger partial charge in [0.05, 0.1) is 18.6 Å². The molecule has 0 radical (unpaired) electrons. The Morgan fingerprint density at radius 1 is 0.933 bits per heavy atom. The molecule has 160 valence electrons. The molecule has 0 aliphatic heterocycles. The molecule has 0 N–H and O–H groups in total. The maximum atomic E-state index is 12.8. The fraction of sp³-hybridized carbons (Fsp3) is 0.333. The predicted molar refractivity (Wildman–Crippen MR) is 113 cm³/mol. The lowest BCUT2D eigenvalue weighted by atomic mass is 10.2. The van der Waals surface area contributed by atoms with Crippen LogP contribution in [0.15, 0.2) is 51.8 Å². The van der Waals surface area contributed by atoms with E-state index in [4.69, 9.17) is 13.9 Å². The highest BCUT2D eigenvalue weighted by atomic mass is 32.2. The normalized spacial score (nSPS) is 11.6. The van der Waals surface area contributed by atoms with Crippen molar-refractivity contribution in [1.82, 2.24) is 14.5 Å². The number of hydrogen-bond acceptors (Lipinski definition) is 7. The second-order valence-corrected chi connectivity index (χ2v) is 8.27. The third-order valence-corrected chi connectivity index (χ3v) is 6.61. The molecule has 0 unspecified atom stereocenters. The van der Waals surface area contributed by atoms with Crippen LogP contribution in [0.4, 0.5) is 0 Å². The molecule has 3 rings (SSSR count). The average Bonchev–Trinajstić information content (AvgIpc) is 3.25. The zero-order valence-electron chi connectivity index (χ0n) is 17.5. The summed E-state index contributed by atoms with van der Waals surface area (Å²) in [6.07, 6.45) is 0. The van der Waals surface area contributed by atoms with E-state index in [9.17, 15) is 8.42 Å². The van der Waals surface area contributed by atoms with E-state index in [0.29, 0.717) is 48.2 Å². The summed E-state index contributed by atoms with van der Waals surface area (Å²) >= 11 is 0. The fourth-order valence-corrected chi connectivity index (χ4v) is 4.54. The molecule has 0 bridgehead atoms. The number of hydrogen-bond donors (Lipinski definition) is 0. The van der Waals surface area contributed by atoms with E-state index in [2.05, 4.69) is 10.2 Å². The highest BCUT2D eigenvalue weighted by Crippen LogP contribution is 2.33. The van der Waals surface area contributed by atoms with Gasteiger partial charge in [0.15, 0.2) is 11.5 Å². The minimum atomic E-state index is -3.58. The molecule has 1 heterocycles. The van der Waals surface area contributed by atoms with Crippen molar-refractivity contribution in [3.05, 3.63) is 42.5 Å². The van der Waals surface area contributed by atoms with Gasteiger partial charge in [-0.1, -0.05) is 19.9 Å². The molecule has 0 fully saturated rings. The van der Waals surface area contributed by atoms with Crippen molar-refractivity contribution in [3.63, 3.8) is 0 Å². The Labute approximate surface area is 176 Å².